The lowest BCUT2D eigenvalue weighted by atomic mass is 10.2. The van der Waals surface area contributed by atoms with Gasteiger partial charge in [0.1, 0.15) is 5.60 Å². The zero-order chi connectivity index (χ0) is 24.8. The van der Waals surface area contributed by atoms with Gasteiger partial charge in [0.25, 0.3) is 0 Å². The van der Waals surface area contributed by atoms with Gasteiger partial charge in [-0.05, 0) is 55.8 Å². The number of methoxy groups -OCH3 is 1. The van der Waals surface area contributed by atoms with Gasteiger partial charge < -0.3 is 29.4 Å². The van der Waals surface area contributed by atoms with Gasteiger partial charge in [0.05, 0.1) is 34.8 Å². The Hall–Kier alpha value is -2.66. The summed E-state index contributed by atoms with van der Waals surface area (Å²) in [6, 6.07) is 3.68. The highest BCUT2D eigenvalue weighted by Gasteiger charge is 2.28. The second-order valence-electron chi connectivity index (χ2n) is 7.94. The Morgan fingerprint density at radius 3 is 2.52 bits per heavy atom. The number of benzene rings is 1. The summed E-state index contributed by atoms with van der Waals surface area (Å²) in [7, 11) is 1.48. The van der Waals surface area contributed by atoms with Crippen molar-refractivity contribution in [3.05, 3.63) is 45.7 Å². The summed E-state index contributed by atoms with van der Waals surface area (Å²) in [5.41, 5.74) is -0.0444. The number of alkyl carbamates (subject to hydrolysis) is 1. The fraction of sp³-hybridized carbons (Fsp3) is 0.455. The molecule has 11 heteroatoms. The fourth-order valence-electron chi connectivity index (χ4n) is 3.01. The molecule has 0 fully saturated rings. The van der Waals surface area contributed by atoms with E-state index in [0.29, 0.717) is 10.2 Å². The number of hydrogen-bond donors (Lipinski definition) is 2. The molecule has 0 aliphatic rings. The number of nitrogens with zero attached hydrogens (tertiary/aromatic N) is 1. The Morgan fingerprint density at radius 1 is 1.21 bits per heavy atom. The number of aromatic nitrogens is 1. The number of nitrogens with one attached hydrogen (secondary N) is 2. The summed E-state index contributed by atoms with van der Waals surface area (Å²) >= 11 is 3.44. The molecule has 2 aromatic rings. The molecular weight excluding hydrogens is 504 g/mol. The number of hydrogen-bond acceptors (Lipinski definition) is 6. The summed E-state index contributed by atoms with van der Waals surface area (Å²) < 4.78 is 45.7. The largest absolute Gasteiger partial charge is 0.461 e. The molecule has 0 spiro atoms. The lowest BCUT2D eigenvalue weighted by molar-refractivity contribution is 0.0513. The van der Waals surface area contributed by atoms with Crippen LogP contribution in [-0.4, -0.2) is 42.5 Å². The lowest BCUT2D eigenvalue weighted by Crippen LogP contribution is -2.34. The van der Waals surface area contributed by atoms with Crippen LogP contribution in [-0.2, 0) is 27.4 Å². The molecule has 1 heterocycles. The Morgan fingerprint density at radius 2 is 1.91 bits per heavy atom. The number of carbonyl (C=O) groups is 2. The molecule has 0 saturated carbocycles. The third kappa shape index (κ3) is 6.91. The number of ether oxygens (including phenoxy) is 3. The molecule has 182 valence electrons. The van der Waals surface area contributed by atoms with Crippen LogP contribution >= 0.6 is 15.9 Å². The zero-order valence-corrected chi connectivity index (χ0v) is 20.8. The summed E-state index contributed by atoms with van der Waals surface area (Å²) in [5, 5.41) is 5.42. The maximum absolute atomic E-state index is 14.3. The second kappa shape index (κ2) is 11.5. The summed E-state index contributed by atoms with van der Waals surface area (Å²) in [6.45, 7) is 7.35. The van der Waals surface area contributed by atoms with Crippen molar-refractivity contribution in [1.29, 1.82) is 0 Å². The first kappa shape index (κ1) is 26.6. The molecule has 1 aromatic carbocycles. The number of esters is 1. The van der Waals surface area contributed by atoms with Crippen LogP contribution in [0.3, 0.4) is 0 Å². The van der Waals surface area contributed by atoms with Crippen molar-refractivity contribution < 1.29 is 32.6 Å². The first-order valence-corrected chi connectivity index (χ1v) is 11.0. The maximum atomic E-state index is 14.3. The van der Waals surface area contributed by atoms with Gasteiger partial charge in [0, 0.05) is 20.2 Å². The predicted molar refractivity (Wildman–Crippen MR) is 123 cm³/mol. The van der Waals surface area contributed by atoms with Crippen LogP contribution in [0, 0.1) is 11.6 Å². The van der Waals surface area contributed by atoms with E-state index in [-0.39, 0.29) is 43.4 Å². The van der Waals surface area contributed by atoms with Crippen LogP contribution in [0.4, 0.5) is 25.0 Å². The van der Waals surface area contributed by atoms with E-state index in [2.05, 4.69) is 26.6 Å². The monoisotopic (exact) mass is 531 g/mol. The van der Waals surface area contributed by atoms with E-state index in [9.17, 15) is 18.4 Å². The minimum atomic E-state index is -1.09. The second-order valence-corrected chi connectivity index (χ2v) is 8.74. The topological polar surface area (TPSA) is 90.8 Å². The molecule has 8 nitrogen and oxygen atoms in total. The molecule has 0 radical (unpaired) electrons. The van der Waals surface area contributed by atoms with Crippen molar-refractivity contribution in [3.8, 4) is 0 Å². The minimum Gasteiger partial charge on any atom is -0.461 e. The Kier molecular flexibility index (Phi) is 9.24. The molecule has 0 unspecified atom stereocenters. The quantitative estimate of drug-likeness (QED) is 0.436. The predicted octanol–water partition coefficient (Wildman–Crippen LogP) is 5.12. The summed E-state index contributed by atoms with van der Waals surface area (Å²) in [6.07, 6.45) is -0.611. The fourth-order valence-corrected chi connectivity index (χ4v) is 3.62. The van der Waals surface area contributed by atoms with Gasteiger partial charge >= 0.3 is 12.1 Å². The molecular formula is C22H28BrF2N3O5. The SMILES string of the molecule is CCOC(=O)c1c(Nc2cccc(F)c2F)c(Br)c(COC)n1CCNC(=O)OC(C)(C)C. The highest BCUT2D eigenvalue weighted by atomic mass is 79.9. The molecule has 1 amide bonds. The van der Waals surface area contributed by atoms with Gasteiger partial charge in [-0.2, -0.15) is 0 Å². The minimum absolute atomic E-state index is 0.0606. The highest BCUT2D eigenvalue weighted by Crippen LogP contribution is 2.37. The standard InChI is InChI=1S/C22H28BrF2N3O5/c1-6-32-20(29)19-18(27-14-9-7-8-13(24)17(14)25)16(23)15(12-31-5)28(19)11-10-26-21(30)33-22(2,3)4/h7-9,27H,6,10-12H2,1-5H3,(H,26,30). The van der Waals surface area contributed by atoms with Crippen LogP contribution in [0.25, 0.3) is 0 Å². The van der Waals surface area contributed by atoms with Crippen LogP contribution in [0.5, 0.6) is 0 Å². The maximum Gasteiger partial charge on any atom is 0.407 e. The van der Waals surface area contributed by atoms with Crippen molar-refractivity contribution in [1.82, 2.24) is 9.88 Å². The highest BCUT2D eigenvalue weighted by molar-refractivity contribution is 9.10. The van der Waals surface area contributed by atoms with E-state index < -0.39 is 29.3 Å². The van der Waals surface area contributed by atoms with Gasteiger partial charge in [-0.25, -0.2) is 18.4 Å². The third-order valence-electron chi connectivity index (χ3n) is 4.27. The summed E-state index contributed by atoms with van der Waals surface area (Å²) in [5.74, 6) is -2.81. The number of amides is 1. The van der Waals surface area contributed by atoms with Gasteiger partial charge in [0.2, 0.25) is 0 Å². The smallest absolute Gasteiger partial charge is 0.407 e. The van der Waals surface area contributed by atoms with Gasteiger partial charge in [0.15, 0.2) is 17.3 Å². The molecule has 2 rings (SSSR count). The Bertz CT molecular complexity index is 1000. The van der Waals surface area contributed by atoms with E-state index in [1.807, 2.05) is 0 Å². The van der Waals surface area contributed by atoms with E-state index in [1.54, 1.807) is 32.3 Å². The molecule has 0 atom stereocenters. The van der Waals surface area contributed by atoms with Crippen molar-refractivity contribution in [2.45, 2.75) is 46.4 Å². The molecule has 1 aromatic heterocycles. The molecule has 2 N–H and O–H groups in total. The first-order valence-electron chi connectivity index (χ1n) is 10.2. The summed E-state index contributed by atoms with van der Waals surface area (Å²) in [4.78, 5) is 24.9. The van der Waals surface area contributed by atoms with Crippen molar-refractivity contribution in [2.24, 2.45) is 0 Å². The van der Waals surface area contributed by atoms with Crippen molar-refractivity contribution in [3.63, 3.8) is 0 Å². The van der Waals surface area contributed by atoms with Gasteiger partial charge in [-0.3, -0.25) is 0 Å². The number of carbonyl (C=O) groups excluding carboxylic acids is 2. The number of halogens is 3. The lowest BCUT2D eigenvalue weighted by Gasteiger charge is -2.20. The van der Waals surface area contributed by atoms with E-state index in [4.69, 9.17) is 14.2 Å². The van der Waals surface area contributed by atoms with Gasteiger partial charge in [-0.1, -0.05) is 6.07 Å². The van der Waals surface area contributed by atoms with E-state index >= 15 is 0 Å². The molecule has 33 heavy (non-hydrogen) atoms. The first-order chi connectivity index (χ1) is 15.5. The van der Waals surface area contributed by atoms with Crippen molar-refractivity contribution in [2.75, 3.05) is 25.6 Å². The van der Waals surface area contributed by atoms with Crippen LogP contribution in [0.1, 0.15) is 43.9 Å². The number of rotatable bonds is 9. The van der Waals surface area contributed by atoms with Gasteiger partial charge in [-0.15, -0.1) is 0 Å². The molecule has 0 saturated heterocycles. The molecule has 0 aliphatic carbocycles. The van der Waals surface area contributed by atoms with Crippen LogP contribution in [0.15, 0.2) is 22.7 Å². The van der Waals surface area contributed by atoms with Crippen LogP contribution < -0.4 is 10.6 Å². The van der Waals surface area contributed by atoms with Crippen molar-refractivity contribution >= 4 is 39.4 Å². The normalized spacial score (nSPS) is 11.3. The average Bonchev–Trinajstić information content (AvgIpc) is 2.96. The molecule has 0 aliphatic heterocycles. The average molecular weight is 532 g/mol. The number of anilines is 2. The molecule has 0 bridgehead atoms. The van der Waals surface area contributed by atoms with Crippen LogP contribution in [0.2, 0.25) is 0 Å². The zero-order valence-electron chi connectivity index (χ0n) is 19.2. The third-order valence-corrected chi connectivity index (χ3v) is 5.12. The van der Waals surface area contributed by atoms with E-state index in [1.165, 1.54) is 19.2 Å². The Labute approximate surface area is 199 Å². The Balaban J connectivity index is 2.46. The van der Waals surface area contributed by atoms with E-state index in [0.717, 1.165) is 6.07 Å².